The molecule has 0 saturated heterocycles. The van der Waals surface area contributed by atoms with Crippen LogP contribution in [0.25, 0.3) is 0 Å². The smallest absolute Gasteiger partial charge is 0.418 e. The number of carbonyl (C=O) groups is 1. The Morgan fingerprint density at radius 2 is 1.80 bits per heavy atom. The van der Waals surface area contributed by atoms with Gasteiger partial charge in [-0.15, -0.1) is 4.99 Å². The minimum Gasteiger partial charge on any atom is -0.487 e. The zero-order chi connectivity index (χ0) is 22.7. The first kappa shape index (κ1) is 23.3. The summed E-state index contributed by atoms with van der Waals surface area (Å²) < 4.78 is 83.9. The number of amides is 1. The van der Waals surface area contributed by atoms with Gasteiger partial charge in [-0.25, -0.2) is 19.5 Å². The molecular formula is C17H14F6N2O5. The largest absolute Gasteiger partial charge is 0.487 e. The number of anilines is 2. The highest BCUT2D eigenvalue weighted by atomic mass is 19.4. The van der Waals surface area contributed by atoms with E-state index in [-0.39, 0.29) is 6.07 Å². The highest BCUT2D eigenvalue weighted by Crippen LogP contribution is 2.36. The van der Waals surface area contributed by atoms with Gasteiger partial charge in [-0.3, -0.25) is 4.79 Å². The van der Waals surface area contributed by atoms with Crippen LogP contribution in [0.5, 0.6) is 5.75 Å². The molecule has 7 nitrogen and oxygen atoms in total. The van der Waals surface area contributed by atoms with Gasteiger partial charge in [0.05, 0.1) is 11.3 Å². The third-order valence-corrected chi connectivity index (χ3v) is 3.70. The third-order valence-electron chi connectivity index (χ3n) is 3.70. The maximum absolute atomic E-state index is 13.6. The number of benzene rings is 2. The molecule has 30 heavy (non-hydrogen) atoms. The van der Waals surface area contributed by atoms with Crippen molar-refractivity contribution in [2.75, 3.05) is 17.4 Å². The van der Waals surface area contributed by atoms with E-state index < -0.39 is 64.4 Å². The quantitative estimate of drug-likeness (QED) is 0.227. The Morgan fingerprint density at radius 3 is 2.40 bits per heavy atom. The van der Waals surface area contributed by atoms with Gasteiger partial charge in [0.1, 0.15) is 12.4 Å². The summed E-state index contributed by atoms with van der Waals surface area (Å²) in [5.41, 5.74) is -3.21. The van der Waals surface area contributed by atoms with Crippen molar-refractivity contribution in [3.8, 4) is 5.75 Å². The normalized spacial score (nSPS) is 13.5. The van der Waals surface area contributed by atoms with Crippen molar-refractivity contribution >= 4 is 17.3 Å². The number of alkyl halides is 3. The molecule has 2 aromatic carbocycles. The first-order chi connectivity index (χ1) is 13.8. The molecule has 0 saturated carbocycles. The number of hydrogen-bond donors (Lipinski definition) is 4. The maximum atomic E-state index is 13.6. The van der Waals surface area contributed by atoms with Crippen molar-refractivity contribution < 1.29 is 51.2 Å². The lowest BCUT2D eigenvalue weighted by Gasteiger charge is -2.23. The van der Waals surface area contributed by atoms with Crippen LogP contribution >= 0.6 is 0 Å². The van der Waals surface area contributed by atoms with Crippen LogP contribution < -0.4 is 15.5 Å². The second-order valence-electron chi connectivity index (χ2n) is 6.17. The Kier molecular flexibility index (Phi) is 6.80. The van der Waals surface area contributed by atoms with E-state index in [0.29, 0.717) is 12.1 Å². The van der Waals surface area contributed by atoms with Crippen LogP contribution in [0.3, 0.4) is 0 Å². The maximum Gasteiger partial charge on any atom is 0.418 e. The molecule has 164 valence electrons. The summed E-state index contributed by atoms with van der Waals surface area (Å²) in [6.45, 7) is -0.0984. The van der Waals surface area contributed by atoms with Gasteiger partial charge >= 0.3 is 6.18 Å². The van der Waals surface area contributed by atoms with Gasteiger partial charge in [0.15, 0.2) is 17.2 Å². The molecule has 0 heterocycles. The fraction of sp³-hybridized carbons (Fsp3) is 0.235. The molecule has 0 fully saturated rings. The van der Waals surface area contributed by atoms with Gasteiger partial charge in [-0.2, -0.15) is 17.6 Å². The summed E-state index contributed by atoms with van der Waals surface area (Å²) in [7, 11) is 0. The number of halogens is 6. The molecule has 4 N–H and O–H groups in total. The molecule has 0 spiro atoms. The predicted octanol–water partition coefficient (Wildman–Crippen LogP) is 3.71. The molecule has 0 aliphatic rings. The number of carbonyl (C=O) groups excluding carboxylic acids is 1. The fourth-order valence-corrected chi connectivity index (χ4v) is 2.18. The van der Waals surface area contributed by atoms with Gasteiger partial charge in [0.2, 0.25) is 5.82 Å². The Morgan fingerprint density at radius 1 is 1.13 bits per heavy atom. The first-order valence-corrected chi connectivity index (χ1v) is 7.94. The molecule has 0 radical (unpaired) electrons. The monoisotopic (exact) mass is 440 g/mol. The number of hydrogen-bond acceptors (Lipinski definition) is 6. The van der Waals surface area contributed by atoms with E-state index in [1.165, 1.54) is 0 Å². The number of ether oxygens (including phenoxy) is 1. The molecule has 1 atom stereocenters. The van der Waals surface area contributed by atoms with Crippen molar-refractivity contribution in [2.45, 2.75) is 18.7 Å². The predicted molar refractivity (Wildman–Crippen MR) is 89.8 cm³/mol. The lowest BCUT2D eigenvalue weighted by Crippen LogP contribution is -2.45. The van der Waals surface area contributed by atoms with Crippen LogP contribution in [-0.4, -0.2) is 28.5 Å². The summed E-state index contributed by atoms with van der Waals surface area (Å²) in [5.74, 6) is -6.47. The Labute approximate surface area is 164 Å². The van der Waals surface area contributed by atoms with Gasteiger partial charge in [0, 0.05) is 17.8 Å². The summed E-state index contributed by atoms with van der Waals surface area (Å²) in [5, 5.41) is 20.4. The summed E-state index contributed by atoms with van der Waals surface area (Å²) in [4.78, 5) is 15.7. The van der Waals surface area contributed by atoms with Crippen molar-refractivity contribution in [3.05, 3.63) is 53.3 Å². The van der Waals surface area contributed by atoms with Crippen LogP contribution in [0.1, 0.15) is 12.5 Å². The van der Waals surface area contributed by atoms with Gasteiger partial charge < -0.3 is 15.2 Å². The van der Waals surface area contributed by atoms with E-state index in [2.05, 4.69) is 4.99 Å². The van der Waals surface area contributed by atoms with Crippen molar-refractivity contribution in [1.29, 1.82) is 0 Å². The standard InChI is InChI=1S/C17H14F6N2O5/c1-16(27,7-29-13-5-8(18)4-11(19)14(13)20)15(26)24-9-2-3-12(25-30-28)10(6-9)17(21,22)23/h2-6,25,27-28H,7H2,1H3,(H,24,26)/t16-/m0/s1. The van der Waals surface area contributed by atoms with E-state index in [1.807, 2.05) is 5.32 Å². The summed E-state index contributed by atoms with van der Waals surface area (Å²) >= 11 is 0. The van der Waals surface area contributed by atoms with Crippen molar-refractivity contribution in [3.63, 3.8) is 0 Å². The van der Waals surface area contributed by atoms with E-state index in [9.17, 15) is 36.2 Å². The van der Waals surface area contributed by atoms with E-state index in [0.717, 1.165) is 19.1 Å². The molecule has 0 aromatic heterocycles. The van der Waals surface area contributed by atoms with E-state index in [4.69, 9.17) is 9.99 Å². The Hall–Kier alpha value is -3.03. The number of nitrogens with one attached hydrogen (secondary N) is 2. The van der Waals surface area contributed by atoms with Crippen LogP contribution in [-0.2, 0) is 16.0 Å². The van der Waals surface area contributed by atoms with Crippen LogP contribution in [0.2, 0.25) is 0 Å². The van der Waals surface area contributed by atoms with Crippen molar-refractivity contribution in [2.24, 2.45) is 0 Å². The zero-order valence-corrected chi connectivity index (χ0v) is 15.0. The average Bonchev–Trinajstić information content (AvgIpc) is 2.64. The van der Waals surface area contributed by atoms with Crippen LogP contribution in [0.15, 0.2) is 30.3 Å². The average molecular weight is 440 g/mol. The zero-order valence-electron chi connectivity index (χ0n) is 15.0. The lowest BCUT2D eigenvalue weighted by atomic mass is 10.1. The molecule has 2 rings (SSSR count). The van der Waals surface area contributed by atoms with Gasteiger partial charge in [-0.1, -0.05) is 0 Å². The second kappa shape index (κ2) is 8.77. The Bertz CT molecular complexity index is 936. The minimum absolute atomic E-state index is 0.256. The highest BCUT2D eigenvalue weighted by molar-refractivity contribution is 5.97. The third kappa shape index (κ3) is 5.52. The van der Waals surface area contributed by atoms with Crippen LogP contribution in [0.4, 0.5) is 37.7 Å². The molecule has 0 aliphatic carbocycles. The molecule has 0 aliphatic heterocycles. The van der Waals surface area contributed by atoms with Crippen LogP contribution in [0, 0.1) is 17.5 Å². The fourth-order valence-electron chi connectivity index (χ4n) is 2.18. The van der Waals surface area contributed by atoms with E-state index in [1.54, 1.807) is 5.48 Å². The van der Waals surface area contributed by atoms with Crippen molar-refractivity contribution in [1.82, 2.24) is 0 Å². The Balaban J connectivity index is 2.16. The molecule has 0 bridgehead atoms. The van der Waals surface area contributed by atoms with Gasteiger partial charge in [0.25, 0.3) is 5.91 Å². The van der Waals surface area contributed by atoms with E-state index >= 15 is 0 Å². The summed E-state index contributed by atoms with van der Waals surface area (Å²) in [6, 6.07) is 3.04. The minimum atomic E-state index is -4.90. The number of rotatable bonds is 7. The van der Waals surface area contributed by atoms with Gasteiger partial charge in [-0.05, 0) is 25.1 Å². The molecule has 1 amide bonds. The molecular weight excluding hydrogens is 426 g/mol. The SMILES string of the molecule is C[C@](O)(COc1cc(F)cc(F)c1F)C(=O)Nc1ccc(NOO)c(C(F)(F)F)c1. The molecule has 2 aromatic rings. The highest BCUT2D eigenvalue weighted by Gasteiger charge is 2.36. The topological polar surface area (TPSA) is 100 Å². The molecule has 13 heteroatoms. The molecule has 0 unspecified atom stereocenters. The first-order valence-electron chi connectivity index (χ1n) is 7.94. The second-order valence-corrected chi connectivity index (χ2v) is 6.17. The summed E-state index contributed by atoms with van der Waals surface area (Å²) in [6.07, 6.45) is -4.90. The number of aliphatic hydroxyl groups is 1. The lowest BCUT2D eigenvalue weighted by molar-refractivity contribution is -0.216.